The number of halogens is 1. The fourth-order valence-corrected chi connectivity index (χ4v) is 2.34. The molecule has 0 aromatic heterocycles. The molecule has 0 bridgehead atoms. The van der Waals surface area contributed by atoms with E-state index in [2.05, 4.69) is 5.32 Å². The molecule has 1 aromatic carbocycles. The summed E-state index contributed by atoms with van der Waals surface area (Å²) in [5.41, 5.74) is 1.70. The molecule has 92 valence electrons. The minimum Gasteiger partial charge on any atom is -0.388 e. The van der Waals surface area contributed by atoms with Gasteiger partial charge in [-0.05, 0) is 43.5 Å². The van der Waals surface area contributed by atoms with E-state index in [1.165, 1.54) is 0 Å². The van der Waals surface area contributed by atoms with Crippen LogP contribution in [-0.4, -0.2) is 11.0 Å². The van der Waals surface area contributed by atoms with Gasteiger partial charge >= 0.3 is 0 Å². The monoisotopic (exact) mass is 253 g/mol. The Bertz CT molecular complexity index is 483. The van der Waals surface area contributed by atoms with Crippen molar-refractivity contribution in [3.8, 4) is 0 Å². The van der Waals surface area contributed by atoms with Crippen LogP contribution < -0.4 is 5.32 Å². The number of fused-ring (bicyclic) bond motifs is 1. The predicted octanol–water partition coefficient (Wildman–Crippen LogP) is 3.01. The van der Waals surface area contributed by atoms with Crippen molar-refractivity contribution in [1.82, 2.24) is 0 Å². The summed E-state index contributed by atoms with van der Waals surface area (Å²) in [6, 6.07) is 3.59. The highest BCUT2D eigenvalue weighted by atomic mass is 35.5. The van der Waals surface area contributed by atoms with Crippen LogP contribution in [0.25, 0.3) is 0 Å². The highest BCUT2D eigenvalue weighted by molar-refractivity contribution is 6.35. The lowest BCUT2D eigenvalue weighted by atomic mass is 9.85. The Morgan fingerprint density at radius 2 is 2.12 bits per heavy atom. The second-order valence-electron chi connectivity index (χ2n) is 4.93. The van der Waals surface area contributed by atoms with Crippen molar-refractivity contribution < 1.29 is 9.90 Å². The van der Waals surface area contributed by atoms with E-state index < -0.39 is 11.5 Å². The molecule has 1 aliphatic heterocycles. The minimum absolute atomic E-state index is 0.0578. The van der Waals surface area contributed by atoms with Crippen LogP contribution in [0.2, 0.25) is 5.02 Å². The van der Waals surface area contributed by atoms with Crippen LogP contribution >= 0.6 is 11.6 Å². The van der Waals surface area contributed by atoms with E-state index in [9.17, 15) is 9.90 Å². The first-order chi connectivity index (χ1) is 7.87. The number of hydrogen-bond donors (Lipinski definition) is 2. The highest BCUT2D eigenvalue weighted by Gasteiger charge is 2.39. The Balaban J connectivity index is 2.59. The van der Waals surface area contributed by atoms with E-state index in [1.807, 2.05) is 26.8 Å². The molecule has 0 saturated heterocycles. The maximum atomic E-state index is 11.8. The topological polar surface area (TPSA) is 49.3 Å². The zero-order valence-electron chi connectivity index (χ0n) is 10.2. The normalized spacial score (nSPS) is 18.8. The standard InChI is InChI=1S/C13H16ClNO2/c1-4-10(16)7-5-8-11(9(14)6-7)15-12(17)13(8,2)3/h5-6,10,16H,4H2,1-3H3,(H,15,17). The van der Waals surface area contributed by atoms with E-state index in [4.69, 9.17) is 11.6 Å². The molecule has 0 aliphatic carbocycles. The number of rotatable bonds is 2. The van der Waals surface area contributed by atoms with Gasteiger partial charge in [-0.15, -0.1) is 0 Å². The molecule has 0 radical (unpaired) electrons. The van der Waals surface area contributed by atoms with Crippen LogP contribution in [-0.2, 0) is 10.2 Å². The Kier molecular flexibility index (Phi) is 2.92. The number of hydrogen-bond acceptors (Lipinski definition) is 2. The lowest BCUT2D eigenvalue weighted by Crippen LogP contribution is -2.26. The molecular weight excluding hydrogens is 238 g/mol. The molecular formula is C13H16ClNO2. The van der Waals surface area contributed by atoms with Crippen molar-refractivity contribution in [2.45, 2.75) is 38.7 Å². The molecule has 0 fully saturated rings. The van der Waals surface area contributed by atoms with Gasteiger partial charge < -0.3 is 10.4 Å². The summed E-state index contributed by atoms with van der Waals surface area (Å²) in [6.07, 6.45) is 0.0843. The number of nitrogens with one attached hydrogen (secondary N) is 1. The third kappa shape index (κ3) is 1.83. The van der Waals surface area contributed by atoms with Gasteiger partial charge in [-0.3, -0.25) is 4.79 Å². The SMILES string of the molecule is CCC(O)c1cc(Cl)c2c(c1)C(C)(C)C(=O)N2. The molecule has 0 spiro atoms. The first-order valence-corrected chi connectivity index (χ1v) is 6.09. The molecule has 2 rings (SSSR count). The van der Waals surface area contributed by atoms with Crippen molar-refractivity contribution >= 4 is 23.2 Å². The fraction of sp³-hybridized carbons (Fsp3) is 0.462. The zero-order valence-corrected chi connectivity index (χ0v) is 10.9. The van der Waals surface area contributed by atoms with Crippen LogP contribution in [0.5, 0.6) is 0 Å². The number of carbonyl (C=O) groups excluding carboxylic acids is 1. The Hall–Kier alpha value is -1.06. The first kappa shape index (κ1) is 12.4. The van der Waals surface area contributed by atoms with Crippen LogP contribution in [0.1, 0.15) is 44.4 Å². The predicted molar refractivity (Wildman–Crippen MR) is 68.4 cm³/mol. The summed E-state index contributed by atoms with van der Waals surface area (Å²) >= 11 is 6.14. The highest BCUT2D eigenvalue weighted by Crippen LogP contribution is 2.43. The molecule has 1 heterocycles. The van der Waals surface area contributed by atoms with Gasteiger partial charge in [0.05, 0.1) is 22.2 Å². The third-order valence-corrected chi connectivity index (χ3v) is 3.66. The zero-order chi connectivity index (χ0) is 12.8. The van der Waals surface area contributed by atoms with Crippen molar-refractivity contribution in [3.05, 3.63) is 28.3 Å². The van der Waals surface area contributed by atoms with Crippen molar-refractivity contribution in [3.63, 3.8) is 0 Å². The number of aliphatic hydroxyl groups is 1. The van der Waals surface area contributed by atoms with E-state index in [-0.39, 0.29) is 5.91 Å². The van der Waals surface area contributed by atoms with Gasteiger partial charge in [0.15, 0.2) is 0 Å². The Morgan fingerprint density at radius 1 is 1.47 bits per heavy atom. The van der Waals surface area contributed by atoms with Crippen LogP contribution in [0, 0.1) is 0 Å². The summed E-state index contributed by atoms with van der Waals surface area (Å²) in [5, 5.41) is 13.1. The largest absolute Gasteiger partial charge is 0.388 e. The first-order valence-electron chi connectivity index (χ1n) is 5.71. The lowest BCUT2D eigenvalue weighted by molar-refractivity contribution is -0.119. The fourth-order valence-electron chi connectivity index (χ4n) is 2.07. The number of benzene rings is 1. The number of carbonyl (C=O) groups is 1. The Labute approximate surface area is 106 Å². The molecule has 4 heteroatoms. The van der Waals surface area contributed by atoms with E-state index in [0.29, 0.717) is 17.1 Å². The molecule has 2 N–H and O–H groups in total. The van der Waals surface area contributed by atoms with E-state index in [0.717, 1.165) is 11.1 Å². The van der Waals surface area contributed by atoms with Crippen LogP contribution in [0.3, 0.4) is 0 Å². The number of aliphatic hydroxyl groups excluding tert-OH is 1. The van der Waals surface area contributed by atoms with Crippen molar-refractivity contribution in [2.75, 3.05) is 5.32 Å². The molecule has 1 unspecified atom stereocenters. The smallest absolute Gasteiger partial charge is 0.234 e. The second-order valence-corrected chi connectivity index (χ2v) is 5.34. The van der Waals surface area contributed by atoms with Crippen LogP contribution in [0.15, 0.2) is 12.1 Å². The maximum Gasteiger partial charge on any atom is 0.234 e. The van der Waals surface area contributed by atoms with Gasteiger partial charge in [0.2, 0.25) is 5.91 Å². The summed E-state index contributed by atoms with van der Waals surface area (Å²) < 4.78 is 0. The second kappa shape index (κ2) is 4.00. The van der Waals surface area contributed by atoms with Crippen LogP contribution in [0.4, 0.5) is 5.69 Å². The van der Waals surface area contributed by atoms with Crippen molar-refractivity contribution in [2.24, 2.45) is 0 Å². The van der Waals surface area contributed by atoms with Gasteiger partial charge in [-0.25, -0.2) is 0 Å². The molecule has 1 aliphatic rings. The summed E-state index contributed by atoms with van der Waals surface area (Å²) in [5.74, 6) is -0.0578. The third-order valence-electron chi connectivity index (χ3n) is 3.36. The molecule has 3 nitrogen and oxygen atoms in total. The van der Waals surface area contributed by atoms with E-state index in [1.54, 1.807) is 6.07 Å². The molecule has 1 aromatic rings. The average molecular weight is 254 g/mol. The van der Waals surface area contributed by atoms with Gasteiger partial charge in [0, 0.05) is 0 Å². The van der Waals surface area contributed by atoms with Gasteiger partial charge in [0.1, 0.15) is 0 Å². The van der Waals surface area contributed by atoms with Gasteiger partial charge in [-0.2, -0.15) is 0 Å². The summed E-state index contributed by atoms with van der Waals surface area (Å²) in [7, 11) is 0. The molecule has 0 saturated carbocycles. The number of anilines is 1. The molecule has 17 heavy (non-hydrogen) atoms. The molecule has 1 amide bonds. The quantitative estimate of drug-likeness (QED) is 0.851. The summed E-state index contributed by atoms with van der Waals surface area (Å²) in [4.78, 5) is 11.8. The number of amides is 1. The van der Waals surface area contributed by atoms with E-state index >= 15 is 0 Å². The summed E-state index contributed by atoms with van der Waals surface area (Å²) in [6.45, 7) is 5.61. The molecule has 1 atom stereocenters. The average Bonchev–Trinajstić information content (AvgIpc) is 2.51. The maximum absolute atomic E-state index is 11.8. The minimum atomic E-state index is -0.595. The van der Waals surface area contributed by atoms with Crippen molar-refractivity contribution in [1.29, 1.82) is 0 Å². The van der Waals surface area contributed by atoms with Gasteiger partial charge in [0.25, 0.3) is 0 Å². The Morgan fingerprint density at radius 3 is 2.71 bits per heavy atom. The lowest BCUT2D eigenvalue weighted by Gasteiger charge is -2.17. The van der Waals surface area contributed by atoms with Gasteiger partial charge in [-0.1, -0.05) is 18.5 Å².